The number of halogens is 1. The summed E-state index contributed by atoms with van der Waals surface area (Å²) in [6.45, 7) is 0. The molecule has 0 heterocycles. The third-order valence-electron chi connectivity index (χ3n) is 3.18. The van der Waals surface area contributed by atoms with Crippen molar-refractivity contribution in [1.29, 1.82) is 0 Å². The molecule has 0 aliphatic heterocycles. The largest absolute Gasteiger partial charge is 0.493 e. The SMILES string of the molecule is COc1cc(C(=O)N/N=C\c2ccc(Br)cc2)cc(OC)c1OC. The van der Waals surface area contributed by atoms with Crippen molar-refractivity contribution in [2.45, 2.75) is 0 Å². The Hall–Kier alpha value is -2.54. The Bertz CT molecular complexity index is 720. The van der Waals surface area contributed by atoms with E-state index in [-0.39, 0.29) is 5.91 Å². The molecule has 1 N–H and O–H groups in total. The van der Waals surface area contributed by atoms with Gasteiger partial charge < -0.3 is 14.2 Å². The van der Waals surface area contributed by atoms with Gasteiger partial charge in [-0.25, -0.2) is 5.43 Å². The number of rotatable bonds is 6. The van der Waals surface area contributed by atoms with E-state index in [1.165, 1.54) is 21.3 Å². The average Bonchev–Trinajstić information content (AvgIpc) is 2.61. The molecule has 6 nitrogen and oxygen atoms in total. The van der Waals surface area contributed by atoms with E-state index in [0.717, 1.165) is 10.0 Å². The van der Waals surface area contributed by atoms with E-state index in [4.69, 9.17) is 14.2 Å². The van der Waals surface area contributed by atoms with Gasteiger partial charge in [0.1, 0.15) is 0 Å². The maximum absolute atomic E-state index is 12.2. The number of carbonyl (C=O) groups excluding carboxylic acids is 1. The van der Waals surface area contributed by atoms with Crippen LogP contribution in [-0.2, 0) is 0 Å². The third-order valence-corrected chi connectivity index (χ3v) is 3.71. The van der Waals surface area contributed by atoms with E-state index in [2.05, 4.69) is 26.5 Å². The second-order valence-electron chi connectivity index (χ2n) is 4.66. The van der Waals surface area contributed by atoms with E-state index in [0.29, 0.717) is 22.8 Å². The van der Waals surface area contributed by atoms with Crippen molar-refractivity contribution < 1.29 is 19.0 Å². The van der Waals surface area contributed by atoms with Gasteiger partial charge in [-0.1, -0.05) is 28.1 Å². The van der Waals surface area contributed by atoms with Gasteiger partial charge in [0.25, 0.3) is 5.91 Å². The van der Waals surface area contributed by atoms with Crippen LogP contribution in [0.5, 0.6) is 17.2 Å². The van der Waals surface area contributed by atoms with Crippen LogP contribution in [0.3, 0.4) is 0 Å². The van der Waals surface area contributed by atoms with Crippen LogP contribution in [0.2, 0.25) is 0 Å². The number of hydrogen-bond acceptors (Lipinski definition) is 5. The normalized spacial score (nSPS) is 10.5. The van der Waals surface area contributed by atoms with Gasteiger partial charge in [0.15, 0.2) is 11.5 Å². The summed E-state index contributed by atoms with van der Waals surface area (Å²) in [4.78, 5) is 12.2. The van der Waals surface area contributed by atoms with Crippen molar-refractivity contribution in [3.05, 3.63) is 52.0 Å². The Labute approximate surface area is 148 Å². The molecule has 7 heteroatoms. The lowest BCUT2D eigenvalue weighted by Crippen LogP contribution is -2.18. The van der Waals surface area contributed by atoms with E-state index >= 15 is 0 Å². The Balaban J connectivity index is 2.15. The Morgan fingerprint density at radius 3 is 2.12 bits per heavy atom. The molecule has 0 fully saturated rings. The predicted molar refractivity (Wildman–Crippen MR) is 95.3 cm³/mol. The lowest BCUT2D eigenvalue weighted by molar-refractivity contribution is 0.0954. The summed E-state index contributed by atoms with van der Waals surface area (Å²) in [7, 11) is 4.48. The first-order chi connectivity index (χ1) is 11.6. The Kier molecular flexibility index (Phi) is 6.20. The Morgan fingerprint density at radius 1 is 1.04 bits per heavy atom. The van der Waals surface area contributed by atoms with E-state index in [1.54, 1.807) is 18.3 Å². The van der Waals surface area contributed by atoms with Crippen LogP contribution in [0.1, 0.15) is 15.9 Å². The van der Waals surface area contributed by atoms with Gasteiger partial charge in [-0.2, -0.15) is 5.10 Å². The smallest absolute Gasteiger partial charge is 0.271 e. The quantitative estimate of drug-likeness (QED) is 0.605. The fraction of sp³-hybridized carbons (Fsp3) is 0.176. The standard InChI is InChI=1S/C17H17BrN2O4/c1-22-14-8-12(9-15(23-2)16(14)24-3)17(21)20-19-10-11-4-6-13(18)7-5-11/h4-10H,1-3H3,(H,20,21)/b19-10-. The van der Waals surface area contributed by atoms with Crippen molar-refractivity contribution in [3.63, 3.8) is 0 Å². The van der Waals surface area contributed by atoms with Gasteiger partial charge in [0.2, 0.25) is 5.75 Å². The first-order valence-corrected chi connectivity index (χ1v) is 7.77. The maximum Gasteiger partial charge on any atom is 0.271 e. The highest BCUT2D eigenvalue weighted by atomic mass is 79.9. The zero-order chi connectivity index (χ0) is 17.5. The van der Waals surface area contributed by atoms with E-state index < -0.39 is 0 Å². The zero-order valence-corrected chi connectivity index (χ0v) is 15.1. The predicted octanol–water partition coefficient (Wildman–Crippen LogP) is 3.24. The molecule has 24 heavy (non-hydrogen) atoms. The number of benzene rings is 2. The van der Waals surface area contributed by atoms with Crippen LogP contribution in [0.15, 0.2) is 46.0 Å². The minimum atomic E-state index is -0.386. The molecule has 2 rings (SSSR count). The number of methoxy groups -OCH3 is 3. The fourth-order valence-corrected chi connectivity index (χ4v) is 2.26. The Morgan fingerprint density at radius 2 is 1.62 bits per heavy atom. The van der Waals surface area contributed by atoms with Crippen LogP contribution >= 0.6 is 15.9 Å². The van der Waals surface area contributed by atoms with Crippen molar-refractivity contribution in [2.24, 2.45) is 5.10 Å². The molecule has 0 atom stereocenters. The summed E-state index contributed by atoms with van der Waals surface area (Å²) in [5.41, 5.74) is 3.68. The summed E-state index contributed by atoms with van der Waals surface area (Å²) < 4.78 is 16.7. The van der Waals surface area contributed by atoms with Gasteiger partial charge >= 0.3 is 0 Å². The molecule has 126 valence electrons. The van der Waals surface area contributed by atoms with Gasteiger partial charge in [0, 0.05) is 10.0 Å². The molecule has 0 saturated heterocycles. The number of ether oxygens (including phenoxy) is 3. The number of hydrazone groups is 1. The van der Waals surface area contributed by atoms with Crippen molar-refractivity contribution in [2.75, 3.05) is 21.3 Å². The highest BCUT2D eigenvalue weighted by Gasteiger charge is 2.16. The second kappa shape index (κ2) is 8.35. The highest BCUT2D eigenvalue weighted by molar-refractivity contribution is 9.10. The molecule has 0 spiro atoms. The summed E-state index contributed by atoms with van der Waals surface area (Å²) in [5.74, 6) is 0.843. The topological polar surface area (TPSA) is 69.2 Å². The molecule has 0 aliphatic carbocycles. The zero-order valence-electron chi connectivity index (χ0n) is 13.5. The van der Waals surface area contributed by atoms with Crippen LogP contribution in [0, 0.1) is 0 Å². The molecule has 0 unspecified atom stereocenters. The van der Waals surface area contributed by atoms with Crippen LogP contribution in [0.4, 0.5) is 0 Å². The number of carbonyl (C=O) groups is 1. The van der Waals surface area contributed by atoms with Crippen LogP contribution < -0.4 is 19.6 Å². The second-order valence-corrected chi connectivity index (χ2v) is 5.58. The summed E-state index contributed by atoms with van der Waals surface area (Å²) in [6, 6.07) is 10.7. The van der Waals surface area contributed by atoms with Crippen molar-refractivity contribution in [1.82, 2.24) is 5.43 Å². The van der Waals surface area contributed by atoms with E-state index in [1.807, 2.05) is 24.3 Å². The average molecular weight is 393 g/mol. The number of nitrogens with zero attached hydrogens (tertiary/aromatic N) is 1. The lowest BCUT2D eigenvalue weighted by atomic mass is 10.1. The van der Waals surface area contributed by atoms with Crippen LogP contribution in [0.25, 0.3) is 0 Å². The molecule has 2 aromatic rings. The van der Waals surface area contributed by atoms with Gasteiger partial charge in [0.05, 0.1) is 27.5 Å². The summed E-state index contributed by atoms with van der Waals surface area (Å²) in [5, 5.41) is 3.95. The minimum absolute atomic E-state index is 0.345. The third kappa shape index (κ3) is 4.26. The number of amides is 1. The molecule has 0 saturated carbocycles. The maximum atomic E-state index is 12.2. The summed E-state index contributed by atoms with van der Waals surface area (Å²) >= 11 is 3.36. The molecule has 0 bridgehead atoms. The van der Waals surface area contributed by atoms with E-state index in [9.17, 15) is 4.79 Å². The first-order valence-electron chi connectivity index (χ1n) is 6.98. The van der Waals surface area contributed by atoms with Crippen LogP contribution in [-0.4, -0.2) is 33.5 Å². The van der Waals surface area contributed by atoms with Crippen molar-refractivity contribution in [3.8, 4) is 17.2 Å². The monoisotopic (exact) mass is 392 g/mol. The molecule has 1 amide bonds. The van der Waals surface area contributed by atoms with Gasteiger partial charge in [-0.3, -0.25) is 4.79 Å². The molecular weight excluding hydrogens is 376 g/mol. The highest BCUT2D eigenvalue weighted by Crippen LogP contribution is 2.38. The summed E-state index contributed by atoms with van der Waals surface area (Å²) in [6.07, 6.45) is 1.56. The molecular formula is C17H17BrN2O4. The fourth-order valence-electron chi connectivity index (χ4n) is 1.99. The van der Waals surface area contributed by atoms with Gasteiger partial charge in [-0.05, 0) is 29.8 Å². The molecule has 0 aliphatic rings. The molecule has 0 radical (unpaired) electrons. The minimum Gasteiger partial charge on any atom is -0.493 e. The van der Waals surface area contributed by atoms with Gasteiger partial charge in [-0.15, -0.1) is 0 Å². The first kappa shape index (κ1) is 17.8. The number of hydrogen-bond donors (Lipinski definition) is 1. The van der Waals surface area contributed by atoms with Crippen molar-refractivity contribution >= 4 is 28.1 Å². The number of nitrogens with one attached hydrogen (secondary N) is 1. The molecule has 0 aromatic heterocycles. The molecule has 2 aromatic carbocycles. The lowest BCUT2D eigenvalue weighted by Gasteiger charge is -2.13.